The number of fused-ring (bicyclic) bond motifs is 1. The summed E-state index contributed by atoms with van der Waals surface area (Å²) in [5.74, 6) is 0.942. The van der Waals surface area contributed by atoms with E-state index in [2.05, 4.69) is 17.0 Å². The van der Waals surface area contributed by atoms with E-state index in [4.69, 9.17) is 5.73 Å². The topological polar surface area (TPSA) is 29.3 Å². The molecule has 2 N–H and O–H groups in total. The summed E-state index contributed by atoms with van der Waals surface area (Å²) in [6, 6.07) is 6.32. The van der Waals surface area contributed by atoms with Gasteiger partial charge < -0.3 is 10.6 Å². The first-order valence-corrected chi connectivity index (χ1v) is 5.97. The molecule has 1 aliphatic heterocycles. The standard InChI is InChI=1S/C13H18N2/c14-12-5-2-6-13-11(12)7-8-15(13)9-10-3-1-4-10/h2,5-6,10H,1,3-4,7-9,14H2. The normalized spacial score (nSPS) is 20.1. The fourth-order valence-electron chi connectivity index (χ4n) is 2.70. The van der Waals surface area contributed by atoms with Crippen molar-refractivity contribution in [3.63, 3.8) is 0 Å². The van der Waals surface area contributed by atoms with Gasteiger partial charge in [-0.1, -0.05) is 12.5 Å². The molecule has 0 radical (unpaired) electrons. The molecule has 0 aromatic heterocycles. The van der Waals surface area contributed by atoms with Gasteiger partial charge in [-0.3, -0.25) is 0 Å². The molecule has 0 bridgehead atoms. The highest BCUT2D eigenvalue weighted by molar-refractivity contribution is 5.68. The van der Waals surface area contributed by atoms with E-state index in [0.29, 0.717) is 0 Å². The zero-order valence-electron chi connectivity index (χ0n) is 9.08. The average Bonchev–Trinajstić information content (AvgIpc) is 2.56. The van der Waals surface area contributed by atoms with Crippen molar-refractivity contribution in [2.45, 2.75) is 25.7 Å². The number of hydrogen-bond donors (Lipinski definition) is 1. The summed E-state index contributed by atoms with van der Waals surface area (Å²) in [7, 11) is 0. The maximum absolute atomic E-state index is 5.98. The zero-order valence-corrected chi connectivity index (χ0v) is 9.08. The minimum atomic E-state index is 0.942. The number of nitrogens with two attached hydrogens (primary N) is 1. The van der Waals surface area contributed by atoms with Crippen LogP contribution in [-0.2, 0) is 6.42 Å². The lowest BCUT2D eigenvalue weighted by atomic mass is 9.85. The third-order valence-electron chi connectivity index (χ3n) is 3.86. The Morgan fingerprint density at radius 2 is 2.20 bits per heavy atom. The van der Waals surface area contributed by atoms with Gasteiger partial charge in [0.1, 0.15) is 0 Å². The second-order valence-corrected chi connectivity index (χ2v) is 4.84. The number of nitrogen functional groups attached to an aromatic ring is 1. The minimum absolute atomic E-state index is 0.942. The Hall–Kier alpha value is -1.18. The van der Waals surface area contributed by atoms with Gasteiger partial charge in [-0.15, -0.1) is 0 Å². The van der Waals surface area contributed by atoms with E-state index in [-0.39, 0.29) is 0 Å². The smallest absolute Gasteiger partial charge is 0.0420 e. The van der Waals surface area contributed by atoms with E-state index in [1.807, 2.05) is 6.07 Å². The van der Waals surface area contributed by atoms with Crippen LogP contribution < -0.4 is 10.6 Å². The van der Waals surface area contributed by atoms with Crippen molar-refractivity contribution in [1.29, 1.82) is 0 Å². The molecule has 1 aliphatic carbocycles. The molecule has 0 unspecified atom stereocenters. The van der Waals surface area contributed by atoms with Crippen molar-refractivity contribution in [1.82, 2.24) is 0 Å². The first kappa shape index (κ1) is 9.08. The average molecular weight is 202 g/mol. The largest absolute Gasteiger partial charge is 0.398 e. The third kappa shape index (κ3) is 1.48. The molecule has 0 atom stereocenters. The van der Waals surface area contributed by atoms with Gasteiger partial charge in [0.25, 0.3) is 0 Å². The fraction of sp³-hybridized carbons (Fsp3) is 0.538. The van der Waals surface area contributed by atoms with Crippen LogP contribution in [0.25, 0.3) is 0 Å². The highest BCUT2D eigenvalue weighted by Crippen LogP contribution is 2.35. The molecule has 0 amide bonds. The maximum atomic E-state index is 5.98. The summed E-state index contributed by atoms with van der Waals surface area (Å²) < 4.78 is 0. The molecule has 1 aromatic carbocycles. The van der Waals surface area contributed by atoms with Crippen LogP contribution in [0.2, 0.25) is 0 Å². The maximum Gasteiger partial charge on any atom is 0.0420 e. The van der Waals surface area contributed by atoms with Crippen molar-refractivity contribution < 1.29 is 0 Å². The Kier molecular flexibility index (Phi) is 2.08. The Labute approximate surface area is 91.1 Å². The Morgan fingerprint density at radius 3 is 2.93 bits per heavy atom. The van der Waals surface area contributed by atoms with Gasteiger partial charge in [0, 0.05) is 30.0 Å². The quantitative estimate of drug-likeness (QED) is 0.746. The SMILES string of the molecule is Nc1cccc2c1CCN2CC1CCC1. The number of anilines is 2. The van der Waals surface area contributed by atoms with Gasteiger partial charge in [-0.25, -0.2) is 0 Å². The molecule has 2 heteroatoms. The van der Waals surface area contributed by atoms with Crippen LogP contribution in [-0.4, -0.2) is 13.1 Å². The third-order valence-corrected chi connectivity index (χ3v) is 3.86. The van der Waals surface area contributed by atoms with E-state index in [0.717, 1.165) is 18.0 Å². The lowest BCUT2D eigenvalue weighted by Crippen LogP contribution is -2.31. The van der Waals surface area contributed by atoms with E-state index in [1.54, 1.807) is 0 Å². The summed E-state index contributed by atoms with van der Waals surface area (Å²) in [6.07, 6.45) is 5.42. The zero-order chi connectivity index (χ0) is 10.3. The van der Waals surface area contributed by atoms with Crippen LogP contribution in [0.3, 0.4) is 0 Å². The first-order chi connectivity index (χ1) is 7.34. The van der Waals surface area contributed by atoms with Crippen LogP contribution >= 0.6 is 0 Å². The number of benzene rings is 1. The molecular formula is C13H18N2. The summed E-state index contributed by atoms with van der Waals surface area (Å²) >= 11 is 0. The second kappa shape index (κ2) is 3.44. The monoisotopic (exact) mass is 202 g/mol. The van der Waals surface area contributed by atoms with E-state index in [1.165, 1.54) is 43.6 Å². The number of hydrogen-bond acceptors (Lipinski definition) is 2. The molecule has 1 heterocycles. The van der Waals surface area contributed by atoms with Crippen LogP contribution in [0.15, 0.2) is 18.2 Å². The fourth-order valence-corrected chi connectivity index (χ4v) is 2.70. The lowest BCUT2D eigenvalue weighted by molar-refractivity contribution is 0.319. The van der Waals surface area contributed by atoms with Gasteiger partial charge in [-0.2, -0.15) is 0 Å². The summed E-state index contributed by atoms with van der Waals surface area (Å²) in [5.41, 5.74) is 9.72. The molecule has 0 spiro atoms. The van der Waals surface area contributed by atoms with Gasteiger partial charge in [0.05, 0.1) is 0 Å². The van der Waals surface area contributed by atoms with Crippen molar-refractivity contribution in [2.75, 3.05) is 23.7 Å². The van der Waals surface area contributed by atoms with Crippen LogP contribution in [0.5, 0.6) is 0 Å². The molecule has 1 aromatic rings. The van der Waals surface area contributed by atoms with Gasteiger partial charge in [0.15, 0.2) is 0 Å². The lowest BCUT2D eigenvalue weighted by Gasteiger charge is -2.31. The van der Waals surface area contributed by atoms with Gasteiger partial charge in [-0.05, 0) is 37.3 Å². The van der Waals surface area contributed by atoms with Gasteiger partial charge >= 0.3 is 0 Å². The van der Waals surface area contributed by atoms with Crippen molar-refractivity contribution >= 4 is 11.4 Å². The Morgan fingerprint density at radius 1 is 1.33 bits per heavy atom. The predicted molar refractivity (Wildman–Crippen MR) is 64.1 cm³/mol. The molecule has 80 valence electrons. The highest BCUT2D eigenvalue weighted by atomic mass is 15.1. The molecule has 2 aliphatic rings. The Bertz CT molecular complexity index is 369. The summed E-state index contributed by atoms with van der Waals surface area (Å²) in [6.45, 7) is 2.41. The number of nitrogens with zero attached hydrogens (tertiary/aromatic N) is 1. The highest BCUT2D eigenvalue weighted by Gasteiger charge is 2.25. The van der Waals surface area contributed by atoms with Crippen LogP contribution in [0.1, 0.15) is 24.8 Å². The molecule has 1 fully saturated rings. The molecular weight excluding hydrogens is 184 g/mol. The predicted octanol–water partition coefficient (Wildman–Crippen LogP) is 2.43. The second-order valence-electron chi connectivity index (χ2n) is 4.84. The summed E-state index contributed by atoms with van der Waals surface area (Å²) in [5, 5.41) is 0. The molecule has 0 saturated heterocycles. The van der Waals surface area contributed by atoms with E-state index in [9.17, 15) is 0 Å². The number of rotatable bonds is 2. The molecule has 2 nitrogen and oxygen atoms in total. The van der Waals surface area contributed by atoms with Gasteiger partial charge in [0.2, 0.25) is 0 Å². The van der Waals surface area contributed by atoms with Crippen LogP contribution in [0.4, 0.5) is 11.4 Å². The van der Waals surface area contributed by atoms with E-state index < -0.39 is 0 Å². The Balaban J connectivity index is 1.81. The first-order valence-electron chi connectivity index (χ1n) is 5.97. The van der Waals surface area contributed by atoms with Crippen molar-refractivity contribution in [3.05, 3.63) is 23.8 Å². The van der Waals surface area contributed by atoms with E-state index >= 15 is 0 Å². The molecule has 1 saturated carbocycles. The summed E-state index contributed by atoms with van der Waals surface area (Å²) in [4.78, 5) is 2.52. The van der Waals surface area contributed by atoms with Crippen molar-refractivity contribution in [3.8, 4) is 0 Å². The van der Waals surface area contributed by atoms with Crippen molar-refractivity contribution in [2.24, 2.45) is 5.92 Å². The van der Waals surface area contributed by atoms with Crippen LogP contribution in [0, 0.1) is 5.92 Å². The molecule has 15 heavy (non-hydrogen) atoms. The molecule has 3 rings (SSSR count). The minimum Gasteiger partial charge on any atom is -0.398 e.